The van der Waals surface area contributed by atoms with Gasteiger partial charge in [0, 0.05) is 46.2 Å². The summed E-state index contributed by atoms with van der Waals surface area (Å²) in [4.78, 5) is 29.5. The highest BCUT2D eigenvalue weighted by atomic mass is 16.3. The molecule has 2 amide bonds. The van der Waals surface area contributed by atoms with E-state index in [0.29, 0.717) is 26.2 Å². The van der Waals surface area contributed by atoms with Crippen molar-refractivity contribution in [1.29, 1.82) is 0 Å². The van der Waals surface area contributed by atoms with Crippen LogP contribution < -0.4 is 0 Å². The van der Waals surface area contributed by atoms with Crippen molar-refractivity contribution in [2.75, 3.05) is 39.3 Å². The monoisotopic (exact) mass is 283 g/mol. The lowest BCUT2D eigenvalue weighted by Gasteiger charge is -2.39. The molecule has 0 aromatic carbocycles. The number of rotatable bonds is 2. The molecule has 114 valence electrons. The van der Waals surface area contributed by atoms with Gasteiger partial charge in [-0.3, -0.25) is 14.5 Å². The Kier molecular flexibility index (Phi) is 4.99. The molecular formula is C14H25N3O3. The van der Waals surface area contributed by atoms with Gasteiger partial charge in [0.1, 0.15) is 0 Å². The van der Waals surface area contributed by atoms with Gasteiger partial charge >= 0.3 is 0 Å². The number of likely N-dealkylation sites (tertiary alicyclic amines) is 1. The number of aliphatic hydroxyl groups excluding tert-OH is 1. The fourth-order valence-electron chi connectivity index (χ4n) is 2.94. The van der Waals surface area contributed by atoms with E-state index in [2.05, 4.69) is 4.90 Å². The Balaban J connectivity index is 1.84. The van der Waals surface area contributed by atoms with E-state index in [0.717, 1.165) is 25.9 Å². The molecule has 1 atom stereocenters. The first-order valence-corrected chi connectivity index (χ1v) is 7.45. The number of carbonyl (C=O) groups is 2. The zero-order chi connectivity index (χ0) is 14.7. The minimum absolute atomic E-state index is 0.0789. The van der Waals surface area contributed by atoms with Gasteiger partial charge in [0.2, 0.25) is 11.8 Å². The molecule has 0 spiro atoms. The SMILES string of the molecule is CC(=O)N1CCN(C(=O)C(C)N2CCC(O)CC2)CC1. The van der Waals surface area contributed by atoms with Crippen LogP contribution in [0.4, 0.5) is 0 Å². The lowest BCUT2D eigenvalue weighted by Crippen LogP contribution is -2.56. The number of piperidine rings is 1. The Morgan fingerprint density at radius 3 is 2.00 bits per heavy atom. The van der Waals surface area contributed by atoms with Gasteiger partial charge in [-0.25, -0.2) is 0 Å². The summed E-state index contributed by atoms with van der Waals surface area (Å²) in [6.45, 7) is 7.58. The van der Waals surface area contributed by atoms with E-state index in [1.165, 1.54) is 0 Å². The highest BCUT2D eigenvalue weighted by Crippen LogP contribution is 2.15. The van der Waals surface area contributed by atoms with Crippen LogP contribution in [0.5, 0.6) is 0 Å². The zero-order valence-corrected chi connectivity index (χ0v) is 12.4. The van der Waals surface area contributed by atoms with Crippen molar-refractivity contribution < 1.29 is 14.7 Å². The molecule has 0 bridgehead atoms. The van der Waals surface area contributed by atoms with E-state index in [9.17, 15) is 14.7 Å². The molecule has 2 aliphatic rings. The van der Waals surface area contributed by atoms with Crippen molar-refractivity contribution in [2.45, 2.75) is 38.8 Å². The van der Waals surface area contributed by atoms with Crippen LogP contribution in [0.2, 0.25) is 0 Å². The Morgan fingerprint density at radius 1 is 1.00 bits per heavy atom. The number of piperazine rings is 1. The molecule has 1 N–H and O–H groups in total. The molecule has 20 heavy (non-hydrogen) atoms. The van der Waals surface area contributed by atoms with E-state index in [1.54, 1.807) is 11.8 Å². The summed E-state index contributed by atoms with van der Waals surface area (Å²) in [5.41, 5.74) is 0. The Labute approximate surface area is 120 Å². The van der Waals surface area contributed by atoms with Crippen LogP contribution in [0.1, 0.15) is 26.7 Å². The second-order valence-electron chi connectivity index (χ2n) is 5.77. The fourth-order valence-corrected chi connectivity index (χ4v) is 2.94. The number of carbonyl (C=O) groups excluding carboxylic acids is 2. The molecule has 0 radical (unpaired) electrons. The lowest BCUT2D eigenvalue weighted by atomic mass is 10.1. The van der Waals surface area contributed by atoms with E-state index in [1.807, 2.05) is 11.8 Å². The van der Waals surface area contributed by atoms with Crippen molar-refractivity contribution in [1.82, 2.24) is 14.7 Å². The standard InChI is InChI=1S/C14H25N3O3/c1-11(15-5-3-13(19)4-6-15)14(20)17-9-7-16(8-10-17)12(2)18/h11,13,19H,3-10H2,1-2H3. The molecule has 2 rings (SSSR count). The number of nitrogens with zero attached hydrogens (tertiary/aromatic N) is 3. The van der Waals surface area contributed by atoms with Crippen molar-refractivity contribution in [3.05, 3.63) is 0 Å². The Hall–Kier alpha value is -1.14. The Morgan fingerprint density at radius 2 is 1.50 bits per heavy atom. The molecule has 2 heterocycles. The van der Waals surface area contributed by atoms with Crippen molar-refractivity contribution in [3.8, 4) is 0 Å². The van der Waals surface area contributed by atoms with Crippen molar-refractivity contribution >= 4 is 11.8 Å². The van der Waals surface area contributed by atoms with Gasteiger partial charge < -0.3 is 14.9 Å². The predicted molar refractivity (Wildman–Crippen MR) is 75.1 cm³/mol. The fraction of sp³-hybridized carbons (Fsp3) is 0.857. The Bertz CT molecular complexity index is 359. The maximum Gasteiger partial charge on any atom is 0.239 e. The molecule has 6 nitrogen and oxygen atoms in total. The minimum Gasteiger partial charge on any atom is -0.393 e. The van der Waals surface area contributed by atoms with E-state index >= 15 is 0 Å². The first-order valence-electron chi connectivity index (χ1n) is 7.45. The summed E-state index contributed by atoms with van der Waals surface area (Å²) < 4.78 is 0. The summed E-state index contributed by atoms with van der Waals surface area (Å²) >= 11 is 0. The van der Waals surface area contributed by atoms with Gasteiger partial charge in [-0.05, 0) is 19.8 Å². The van der Waals surface area contributed by atoms with E-state index in [4.69, 9.17) is 0 Å². The molecule has 6 heteroatoms. The zero-order valence-electron chi connectivity index (χ0n) is 12.4. The highest BCUT2D eigenvalue weighted by Gasteiger charge is 2.30. The van der Waals surface area contributed by atoms with Gasteiger partial charge in [0.05, 0.1) is 12.1 Å². The van der Waals surface area contributed by atoms with Crippen LogP contribution in [0.25, 0.3) is 0 Å². The summed E-state index contributed by atoms with van der Waals surface area (Å²) in [5, 5.41) is 9.52. The van der Waals surface area contributed by atoms with Crippen LogP contribution in [0.15, 0.2) is 0 Å². The number of hydrogen-bond donors (Lipinski definition) is 1. The molecule has 0 saturated carbocycles. The van der Waals surface area contributed by atoms with Crippen molar-refractivity contribution in [2.24, 2.45) is 0 Å². The summed E-state index contributed by atoms with van der Waals surface area (Å²) in [6.07, 6.45) is 1.28. The van der Waals surface area contributed by atoms with Crippen LogP contribution in [-0.2, 0) is 9.59 Å². The number of aliphatic hydroxyl groups is 1. The van der Waals surface area contributed by atoms with Crippen LogP contribution in [0, 0.1) is 0 Å². The third kappa shape index (κ3) is 3.49. The molecule has 2 aliphatic heterocycles. The second kappa shape index (κ2) is 6.54. The number of hydrogen-bond acceptors (Lipinski definition) is 4. The maximum atomic E-state index is 12.5. The van der Waals surface area contributed by atoms with Crippen LogP contribution in [0.3, 0.4) is 0 Å². The normalized spacial score (nSPS) is 23.8. The molecule has 0 aromatic rings. The molecule has 1 unspecified atom stereocenters. The van der Waals surface area contributed by atoms with E-state index in [-0.39, 0.29) is 24.0 Å². The largest absolute Gasteiger partial charge is 0.393 e. The van der Waals surface area contributed by atoms with Crippen molar-refractivity contribution in [3.63, 3.8) is 0 Å². The average Bonchev–Trinajstić information content (AvgIpc) is 2.46. The van der Waals surface area contributed by atoms with Gasteiger partial charge in [0.25, 0.3) is 0 Å². The van der Waals surface area contributed by atoms with Crippen LogP contribution >= 0.6 is 0 Å². The molecule has 0 aromatic heterocycles. The van der Waals surface area contributed by atoms with Gasteiger partial charge in [-0.1, -0.05) is 0 Å². The molecular weight excluding hydrogens is 258 g/mol. The molecule has 0 aliphatic carbocycles. The molecule has 2 fully saturated rings. The van der Waals surface area contributed by atoms with Gasteiger partial charge in [-0.15, -0.1) is 0 Å². The average molecular weight is 283 g/mol. The second-order valence-corrected chi connectivity index (χ2v) is 5.77. The van der Waals surface area contributed by atoms with E-state index < -0.39 is 0 Å². The maximum absolute atomic E-state index is 12.5. The predicted octanol–water partition coefficient (Wildman–Crippen LogP) is -0.478. The summed E-state index contributed by atoms with van der Waals surface area (Å²) in [5.74, 6) is 0.222. The van der Waals surface area contributed by atoms with Crippen LogP contribution in [-0.4, -0.2) is 83.0 Å². The minimum atomic E-state index is -0.215. The quantitative estimate of drug-likeness (QED) is 0.744. The number of amides is 2. The molecule has 2 saturated heterocycles. The van der Waals surface area contributed by atoms with Gasteiger partial charge in [-0.2, -0.15) is 0 Å². The van der Waals surface area contributed by atoms with Gasteiger partial charge in [0.15, 0.2) is 0 Å². The third-order valence-electron chi connectivity index (χ3n) is 4.44. The topological polar surface area (TPSA) is 64.1 Å². The first-order chi connectivity index (χ1) is 9.49. The first kappa shape index (κ1) is 15.3. The summed E-state index contributed by atoms with van der Waals surface area (Å²) in [7, 11) is 0. The summed E-state index contributed by atoms with van der Waals surface area (Å²) in [6, 6.07) is -0.133. The third-order valence-corrected chi connectivity index (χ3v) is 4.44. The smallest absolute Gasteiger partial charge is 0.239 e. The lowest BCUT2D eigenvalue weighted by molar-refractivity contribution is -0.142. The highest BCUT2D eigenvalue weighted by molar-refractivity contribution is 5.82.